The second-order valence-corrected chi connectivity index (χ2v) is 8.22. The van der Waals surface area contributed by atoms with E-state index < -0.39 is 0 Å². The molecule has 0 radical (unpaired) electrons. The fourth-order valence-electron chi connectivity index (χ4n) is 3.59. The van der Waals surface area contributed by atoms with Crippen molar-refractivity contribution in [1.29, 1.82) is 0 Å². The smallest absolute Gasteiger partial charge is 0.191 e. The molecule has 6 heteroatoms. The summed E-state index contributed by atoms with van der Waals surface area (Å²) in [5, 5.41) is 6.93. The molecular formula is C25H36N4O2. The molecule has 168 valence electrons. The van der Waals surface area contributed by atoms with Crippen molar-refractivity contribution < 1.29 is 9.47 Å². The van der Waals surface area contributed by atoms with E-state index in [-0.39, 0.29) is 5.41 Å². The number of hydrogen-bond acceptors (Lipinski definition) is 4. The number of benzene rings is 2. The number of ether oxygens (including phenoxy) is 2. The van der Waals surface area contributed by atoms with Gasteiger partial charge in [0.25, 0.3) is 0 Å². The highest BCUT2D eigenvalue weighted by Gasteiger charge is 2.43. The number of guanidine groups is 1. The second-order valence-electron chi connectivity index (χ2n) is 8.22. The second kappa shape index (κ2) is 11.7. The summed E-state index contributed by atoms with van der Waals surface area (Å²) in [5.41, 5.74) is 2.83. The predicted octanol–water partition coefficient (Wildman–Crippen LogP) is 3.04. The molecule has 0 spiro atoms. The lowest BCUT2D eigenvalue weighted by atomic mass is 9.96. The molecule has 0 unspecified atom stereocenters. The minimum atomic E-state index is 0.253. The first-order valence-corrected chi connectivity index (χ1v) is 11.0. The van der Waals surface area contributed by atoms with E-state index >= 15 is 0 Å². The van der Waals surface area contributed by atoms with Crippen molar-refractivity contribution in [1.82, 2.24) is 15.5 Å². The summed E-state index contributed by atoms with van der Waals surface area (Å²) in [4.78, 5) is 6.59. The molecule has 3 rings (SSSR count). The lowest BCUT2D eigenvalue weighted by Crippen LogP contribution is -2.40. The summed E-state index contributed by atoms with van der Waals surface area (Å²) in [5.74, 6) is 1.72. The van der Waals surface area contributed by atoms with Gasteiger partial charge in [-0.25, -0.2) is 0 Å². The van der Waals surface area contributed by atoms with Crippen LogP contribution in [0.25, 0.3) is 0 Å². The van der Waals surface area contributed by atoms with Gasteiger partial charge in [0, 0.05) is 45.8 Å². The number of nitrogens with one attached hydrogen (secondary N) is 2. The molecule has 0 atom stereocenters. The van der Waals surface area contributed by atoms with Crippen molar-refractivity contribution in [2.75, 3.05) is 54.1 Å². The van der Waals surface area contributed by atoms with E-state index in [0.29, 0.717) is 13.2 Å². The normalized spacial score (nSPS) is 15.0. The van der Waals surface area contributed by atoms with E-state index in [9.17, 15) is 0 Å². The van der Waals surface area contributed by atoms with Crippen LogP contribution in [0.15, 0.2) is 59.6 Å². The Morgan fingerprint density at radius 2 is 1.81 bits per heavy atom. The van der Waals surface area contributed by atoms with Crippen molar-refractivity contribution in [2.45, 2.75) is 24.8 Å². The molecule has 2 aromatic rings. The third-order valence-corrected chi connectivity index (χ3v) is 5.83. The largest absolute Gasteiger partial charge is 0.492 e. The first-order valence-electron chi connectivity index (χ1n) is 11.0. The number of hydrogen-bond donors (Lipinski definition) is 2. The van der Waals surface area contributed by atoms with Crippen molar-refractivity contribution in [2.24, 2.45) is 4.99 Å². The Hall–Kier alpha value is -2.57. The highest BCUT2D eigenvalue weighted by atomic mass is 16.5. The zero-order chi connectivity index (χ0) is 21.9. The van der Waals surface area contributed by atoms with Gasteiger partial charge in [-0.3, -0.25) is 4.99 Å². The first-order chi connectivity index (χ1) is 15.1. The molecular weight excluding hydrogens is 388 g/mol. The third-order valence-electron chi connectivity index (χ3n) is 5.83. The van der Waals surface area contributed by atoms with Crippen LogP contribution in [0.1, 0.15) is 24.0 Å². The highest BCUT2D eigenvalue weighted by molar-refractivity contribution is 5.79. The Balaban J connectivity index is 1.43. The molecule has 0 aliphatic heterocycles. The standard InChI is InChI=1S/C25H36N4O2/c1-26-24(28-20-25(12-13-25)22-9-5-4-6-10-22)27-19-21-8-7-11-23(18-21)31-17-15-29(2)14-16-30-3/h4-11,18H,12-17,19-20H2,1-3H3,(H2,26,27,28). The summed E-state index contributed by atoms with van der Waals surface area (Å²) < 4.78 is 11.0. The van der Waals surface area contributed by atoms with Gasteiger partial charge in [0.15, 0.2) is 5.96 Å². The SMILES string of the molecule is CN=C(NCc1cccc(OCCN(C)CCOC)c1)NCC1(c2ccccc2)CC1. The van der Waals surface area contributed by atoms with Gasteiger partial charge in [0.1, 0.15) is 12.4 Å². The Labute approximate surface area is 186 Å². The van der Waals surface area contributed by atoms with Crippen molar-refractivity contribution in [3.05, 3.63) is 65.7 Å². The third kappa shape index (κ3) is 7.26. The van der Waals surface area contributed by atoms with Gasteiger partial charge >= 0.3 is 0 Å². The number of likely N-dealkylation sites (N-methyl/N-ethyl adjacent to an activating group) is 1. The monoisotopic (exact) mass is 424 g/mol. The van der Waals surface area contributed by atoms with Gasteiger partial charge in [-0.15, -0.1) is 0 Å². The topological polar surface area (TPSA) is 58.1 Å². The van der Waals surface area contributed by atoms with Crippen LogP contribution in [0.3, 0.4) is 0 Å². The molecule has 1 saturated carbocycles. The van der Waals surface area contributed by atoms with Gasteiger partial charge in [0.2, 0.25) is 0 Å². The summed E-state index contributed by atoms with van der Waals surface area (Å²) in [6.07, 6.45) is 2.45. The fourth-order valence-corrected chi connectivity index (χ4v) is 3.59. The molecule has 0 saturated heterocycles. The fraction of sp³-hybridized carbons (Fsp3) is 0.480. The Bertz CT molecular complexity index is 821. The van der Waals surface area contributed by atoms with E-state index in [1.54, 1.807) is 7.11 Å². The van der Waals surface area contributed by atoms with Crippen LogP contribution < -0.4 is 15.4 Å². The minimum absolute atomic E-state index is 0.253. The van der Waals surface area contributed by atoms with Gasteiger partial charge in [-0.1, -0.05) is 42.5 Å². The zero-order valence-corrected chi connectivity index (χ0v) is 19.1. The van der Waals surface area contributed by atoms with Crippen LogP contribution in [0.5, 0.6) is 5.75 Å². The molecule has 1 fully saturated rings. The van der Waals surface area contributed by atoms with Crippen molar-refractivity contribution >= 4 is 5.96 Å². The van der Waals surface area contributed by atoms with Gasteiger partial charge in [-0.05, 0) is 43.1 Å². The summed E-state index contributed by atoms with van der Waals surface area (Å²) >= 11 is 0. The summed E-state index contributed by atoms with van der Waals surface area (Å²) in [7, 11) is 5.61. The number of methoxy groups -OCH3 is 1. The van der Waals surface area contributed by atoms with E-state index in [1.807, 2.05) is 19.2 Å². The van der Waals surface area contributed by atoms with Crippen LogP contribution in [0, 0.1) is 0 Å². The van der Waals surface area contributed by atoms with E-state index in [1.165, 1.54) is 18.4 Å². The van der Waals surface area contributed by atoms with Gasteiger partial charge < -0.3 is 25.0 Å². The van der Waals surface area contributed by atoms with Crippen LogP contribution in [-0.2, 0) is 16.7 Å². The molecule has 0 heterocycles. The van der Waals surface area contributed by atoms with Crippen LogP contribution in [-0.4, -0.2) is 64.9 Å². The minimum Gasteiger partial charge on any atom is -0.492 e. The molecule has 0 amide bonds. The summed E-state index contributed by atoms with van der Waals surface area (Å²) in [6, 6.07) is 19.0. The molecule has 0 aromatic heterocycles. The summed E-state index contributed by atoms with van der Waals surface area (Å²) in [6.45, 7) is 4.76. The molecule has 2 aromatic carbocycles. The number of aliphatic imine (C=N–C) groups is 1. The average molecular weight is 425 g/mol. The van der Waals surface area contributed by atoms with Crippen LogP contribution in [0.4, 0.5) is 0 Å². The average Bonchev–Trinajstić information content (AvgIpc) is 3.60. The lowest BCUT2D eigenvalue weighted by Gasteiger charge is -2.19. The van der Waals surface area contributed by atoms with E-state index in [2.05, 4.69) is 70.0 Å². The number of nitrogens with zero attached hydrogens (tertiary/aromatic N) is 2. The molecule has 31 heavy (non-hydrogen) atoms. The lowest BCUT2D eigenvalue weighted by molar-refractivity contribution is 0.150. The van der Waals surface area contributed by atoms with Crippen molar-refractivity contribution in [3.8, 4) is 5.75 Å². The predicted molar refractivity (Wildman–Crippen MR) is 127 cm³/mol. The zero-order valence-electron chi connectivity index (χ0n) is 19.1. The maximum atomic E-state index is 5.92. The quantitative estimate of drug-likeness (QED) is 0.405. The molecule has 0 bridgehead atoms. The van der Waals surface area contributed by atoms with E-state index in [4.69, 9.17) is 9.47 Å². The molecule has 6 nitrogen and oxygen atoms in total. The molecule has 1 aliphatic rings. The highest BCUT2D eigenvalue weighted by Crippen LogP contribution is 2.47. The van der Waals surface area contributed by atoms with Crippen LogP contribution >= 0.6 is 0 Å². The maximum Gasteiger partial charge on any atom is 0.191 e. The Morgan fingerprint density at radius 3 is 2.52 bits per heavy atom. The van der Waals surface area contributed by atoms with Crippen molar-refractivity contribution in [3.63, 3.8) is 0 Å². The number of rotatable bonds is 12. The Kier molecular flexibility index (Phi) is 8.74. The molecule has 1 aliphatic carbocycles. The molecule has 2 N–H and O–H groups in total. The van der Waals surface area contributed by atoms with Gasteiger partial charge in [-0.2, -0.15) is 0 Å². The van der Waals surface area contributed by atoms with Crippen LogP contribution in [0.2, 0.25) is 0 Å². The Morgan fingerprint density at radius 1 is 1.03 bits per heavy atom. The first kappa shape index (κ1) is 23.1. The maximum absolute atomic E-state index is 5.92. The van der Waals surface area contributed by atoms with Gasteiger partial charge in [0.05, 0.1) is 6.61 Å². The van der Waals surface area contributed by atoms with E-state index in [0.717, 1.165) is 43.5 Å².